The number of ether oxygens (including phenoxy) is 1. The fourth-order valence-corrected chi connectivity index (χ4v) is 1.90. The van der Waals surface area contributed by atoms with Gasteiger partial charge in [0, 0.05) is 5.56 Å². The van der Waals surface area contributed by atoms with Gasteiger partial charge < -0.3 is 4.74 Å². The van der Waals surface area contributed by atoms with E-state index in [2.05, 4.69) is 4.74 Å². The Bertz CT molecular complexity index is 639. The third-order valence-corrected chi connectivity index (χ3v) is 2.86. The van der Waals surface area contributed by atoms with Crippen molar-refractivity contribution in [1.82, 2.24) is 0 Å². The van der Waals surface area contributed by atoms with E-state index in [1.54, 1.807) is 12.1 Å². The van der Waals surface area contributed by atoms with Gasteiger partial charge in [-0.2, -0.15) is 0 Å². The fourth-order valence-electron chi connectivity index (χ4n) is 1.68. The van der Waals surface area contributed by atoms with Crippen LogP contribution in [0.15, 0.2) is 42.5 Å². The molecule has 2 nitrogen and oxygen atoms in total. The smallest absolute Gasteiger partial charge is 0.406 e. The molecule has 20 heavy (non-hydrogen) atoms. The number of hydrogen-bond donors (Lipinski definition) is 0. The zero-order chi connectivity index (χ0) is 14.8. The van der Waals surface area contributed by atoms with Crippen molar-refractivity contribution in [3.05, 3.63) is 53.1 Å². The van der Waals surface area contributed by atoms with Crippen LogP contribution < -0.4 is 4.74 Å². The molecule has 104 valence electrons. The number of benzene rings is 2. The summed E-state index contributed by atoms with van der Waals surface area (Å²) < 4.78 is 40.3. The molecule has 0 aliphatic carbocycles. The highest BCUT2D eigenvalue weighted by atomic mass is 35.5. The zero-order valence-corrected chi connectivity index (χ0v) is 10.7. The largest absolute Gasteiger partial charge is 0.573 e. The number of rotatable bonds is 3. The summed E-state index contributed by atoms with van der Waals surface area (Å²) in [5, 5.41) is 0.236. The van der Waals surface area contributed by atoms with Crippen LogP contribution in [-0.2, 0) is 0 Å². The molecule has 0 spiro atoms. The average molecular weight is 301 g/mol. The van der Waals surface area contributed by atoms with Gasteiger partial charge >= 0.3 is 6.36 Å². The second kappa shape index (κ2) is 5.54. The molecule has 0 heterocycles. The van der Waals surface area contributed by atoms with Crippen LogP contribution >= 0.6 is 11.6 Å². The standard InChI is InChI=1S/C14H8ClF3O2/c15-13-7-10(4-5-11(13)8-19)9-2-1-3-12(6-9)20-14(16,17)18/h1-8H. The Morgan fingerprint density at radius 2 is 1.75 bits per heavy atom. The molecule has 0 aliphatic heterocycles. The Kier molecular flexibility index (Phi) is 3.99. The average Bonchev–Trinajstić information content (AvgIpc) is 2.37. The molecule has 0 atom stereocenters. The minimum atomic E-state index is -4.74. The van der Waals surface area contributed by atoms with Crippen LogP contribution in [0.3, 0.4) is 0 Å². The predicted molar refractivity (Wildman–Crippen MR) is 69.0 cm³/mol. The minimum Gasteiger partial charge on any atom is -0.406 e. The van der Waals surface area contributed by atoms with Gasteiger partial charge in [0.15, 0.2) is 6.29 Å². The molecule has 0 radical (unpaired) electrons. The zero-order valence-electron chi connectivity index (χ0n) is 9.95. The summed E-state index contributed by atoms with van der Waals surface area (Å²) in [6.07, 6.45) is -4.13. The van der Waals surface area contributed by atoms with Gasteiger partial charge in [-0.1, -0.05) is 29.8 Å². The van der Waals surface area contributed by atoms with Gasteiger partial charge in [-0.15, -0.1) is 13.2 Å². The van der Waals surface area contributed by atoms with E-state index < -0.39 is 6.36 Å². The highest BCUT2D eigenvalue weighted by Gasteiger charge is 2.31. The monoisotopic (exact) mass is 300 g/mol. The van der Waals surface area contributed by atoms with E-state index in [0.29, 0.717) is 23.0 Å². The Morgan fingerprint density at radius 1 is 1.05 bits per heavy atom. The Hall–Kier alpha value is -2.01. The lowest BCUT2D eigenvalue weighted by Crippen LogP contribution is -2.17. The molecule has 2 aromatic carbocycles. The summed E-state index contributed by atoms with van der Waals surface area (Å²) in [5.41, 5.74) is 1.41. The molecule has 0 saturated carbocycles. The maximum absolute atomic E-state index is 12.2. The van der Waals surface area contributed by atoms with Crippen molar-refractivity contribution in [2.45, 2.75) is 6.36 Å². The third kappa shape index (κ3) is 3.51. The summed E-state index contributed by atoms with van der Waals surface area (Å²) >= 11 is 5.88. The van der Waals surface area contributed by atoms with Crippen molar-refractivity contribution < 1.29 is 22.7 Å². The first-order valence-corrected chi connectivity index (χ1v) is 5.88. The Morgan fingerprint density at radius 3 is 2.35 bits per heavy atom. The summed E-state index contributed by atoms with van der Waals surface area (Å²) in [7, 11) is 0. The van der Waals surface area contributed by atoms with Gasteiger partial charge in [-0.25, -0.2) is 0 Å². The molecule has 0 aromatic heterocycles. The summed E-state index contributed by atoms with van der Waals surface area (Å²) in [4.78, 5) is 10.7. The van der Waals surface area contributed by atoms with E-state index in [0.717, 1.165) is 0 Å². The second-order valence-electron chi connectivity index (χ2n) is 3.93. The van der Waals surface area contributed by atoms with Crippen molar-refractivity contribution in [2.75, 3.05) is 0 Å². The molecule has 0 N–H and O–H groups in total. The van der Waals surface area contributed by atoms with E-state index >= 15 is 0 Å². The van der Waals surface area contributed by atoms with Crippen molar-refractivity contribution in [3.8, 4) is 16.9 Å². The van der Waals surface area contributed by atoms with E-state index in [1.807, 2.05) is 0 Å². The molecule has 0 aliphatic rings. The van der Waals surface area contributed by atoms with Crippen molar-refractivity contribution in [3.63, 3.8) is 0 Å². The maximum atomic E-state index is 12.2. The highest BCUT2D eigenvalue weighted by molar-refractivity contribution is 6.33. The lowest BCUT2D eigenvalue weighted by atomic mass is 10.0. The molecule has 0 amide bonds. The number of carbonyl (C=O) groups excluding carboxylic acids is 1. The molecule has 2 aromatic rings. The van der Waals surface area contributed by atoms with Crippen molar-refractivity contribution in [2.24, 2.45) is 0 Å². The summed E-state index contributed by atoms with van der Waals surface area (Å²) in [5.74, 6) is -0.314. The van der Waals surface area contributed by atoms with Crippen molar-refractivity contribution in [1.29, 1.82) is 0 Å². The topological polar surface area (TPSA) is 26.3 Å². The first-order chi connectivity index (χ1) is 9.39. The van der Waals surface area contributed by atoms with Crippen LogP contribution in [0.5, 0.6) is 5.75 Å². The Balaban J connectivity index is 2.36. The Labute approximate surface area is 117 Å². The number of alkyl halides is 3. The SMILES string of the molecule is O=Cc1ccc(-c2cccc(OC(F)(F)F)c2)cc1Cl. The first-order valence-electron chi connectivity index (χ1n) is 5.50. The molecular formula is C14H8ClF3O2. The highest BCUT2D eigenvalue weighted by Crippen LogP contribution is 2.29. The minimum absolute atomic E-state index is 0.236. The van der Waals surface area contributed by atoms with Gasteiger partial charge in [0.1, 0.15) is 5.75 Å². The van der Waals surface area contributed by atoms with Crippen LogP contribution in [0, 0.1) is 0 Å². The lowest BCUT2D eigenvalue weighted by Gasteiger charge is -2.10. The van der Waals surface area contributed by atoms with Gasteiger partial charge in [-0.3, -0.25) is 4.79 Å². The molecule has 0 bridgehead atoms. The summed E-state index contributed by atoms with van der Waals surface area (Å²) in [6, 6.07) is 10.1. The van der Waals surface area contributed by atoms with Crippen LogP contribution in [0.2, 0.25) is 5.02 Å². The second-order valence-corrected chi connectivity index (χ2v) is 4.34. The molecule has 0 fully saturated rings. The first kappa shape index (κ1) is 14.4. The van der Waals surface area contributed by atoms with Gasteiger partial charge in [-0.05, 0) is 35.4 Å². The van der Waals surface area contributed by atoms with Crippen molar-refractivity contribution >= 4 is 17.9 Å². The third-order valence-electron chi connectivity index (χ3n) is 2.53. The van der Waals surface area contributed by atoms with Crippen LogP contribution in [0.4, 0.5) is 13.2 Å². The quantitative estimate of drug-likeness (QED) is 0.767. The number of carbonyl (C=O) groups is 1. The number of aldehydes is 1. The van der Waals surface area contributed by atoms with E-state index in [1.165, 1.54) is 30.3 Å². The van der Waals surface area contributed by atoms with Gasteiger partial charge in [0.25, 0.3) is 0 Å². The fraction of sp³-hybridized carbons (Fsp3) is 0.0714. The maximum Gasteiger partial charge on any atom is 0.573 e. The molecule has 2 rings (SSSR count). The van der Waals surface area contributed by atoms with Gasteiger partial charge in [0.05, 0.1) is 5.02 Å². The van der Waals surface area contributed by atoms with E-state index in [4.69, 9.17) is 11.6 Å². The van der Waals surface area contributed by atoms with Gasteiger partial charge in [0.2, 0.25) is 0 Å². The number of hydrogen-bond acceptors (Lipinski definition) is 2. The van der Waals surface area contributed by atoms with Crippen LogP contribution in [0.25, 0.3) is 11.1 Å². The van der Waals surface area contributed by atoms with E-state index in [9.17, 15) is 18.0 Å². The summed E-state index contributed by atoms with van der Waals surface area (Å²) in [6.45, 7) is 0. The molecule has 0 unspecified atom stereocenters. The predicted octanol–water partition coefficient (Wildman–Crippen LogP) is 4.72. The van der Waals surface area contributed by atoms with Crippen LogP contribution in [0.1, 0.15) is 10.4 Å². The van der Waals surface area contributed by atoms with E-state index in [-0.39, 0.29) is 10.8 Å². The molecule has 0 saturated heterocycles. The van der Waals surface area contributed by atoms with Crippen LogP contribution in [-0.4, -0.2) is 12.6 Å². The molecule has 6 heteroatoms. The lowest BCUT2D eigenvalue weighted by molar-refractivity contribution is -0.274. The molecular weight excluding hydrogens is 293 g/mol. The number of halogens is 4. The normalized spacial score (nSPS) is 11.2.